The van der Waals surface area contributed by atoms with E-state index in [1.165, 1.54) is 5.56 Å². The lowest BCUT2D eigenvalue weighted by Gasteiger charge is -2.23. The van der Waals surface area contributed by atoms with Gasteiger partial charge in [-0.15, -0.1) is 0 Å². The highest BCUT2D eigenvalue weighted by atomic mass is 16.5. The largest absolute Gasteiger partial charge is 0.491 e. The molecule has 0 aliphatic carbocycles. The predicted octanol–water partition coefficient (Wildman–Crippen LogP) is 3.25. The number of nitrogens with one attached hydrogen (secondary N) is 1. The monoisotopic (exact) mass is 260 g/mol. The summed E-state index contributed by atoms with van der Waals surface area (Å²) in [4.78, 5) is 0. The molecule has 19 heavy (non-hydrogen) atoms. The quantitative estimate of drug-likeness (QED) is 0.884. The second kappa shape index (κ2) is 6.08. The van der Waals surface area contributed by atoms with Crippen molar-refractivity contribution in [3.63, 3.8) is 0 Å². The smallest absolute Gasteiger partial charge is 0.138 e. The Labute approximate surface area is 116 Å². The van der Waals surface area contributed by atoms with E-state index in [1.54, 1.807) is 0 Å². The fourth-order valence-electron chi connectivity index (χ4n) is 1.79. The number of nitrogens with zero attached hydrogens (tertiary/aromatic N) is 1. The summed E-state index contributed by atoms with van der Waals surface area (Å²) in [5, 5.41) is 12.3. The van der Waals surface area contributed by atoms with Crippen molar-refractivity contribution in [2.24, 2.45) is 0 Å². The van der Waals surface area contributed by atoms with Gasteiger partial charge in [0, 0.05) is 0 Å². The van der Waals surface area contributed by atoms with Crippen molar-refractivity contribution in [1.29, 1.82) is 5.26 Å². The van der Waals surface area contributed by atoms with E-state index in [0.29, 0.717) is 6.61 Å². The molecule has 1 aromatic rings. The average molecular weight is 260 g/mol. The number of hydrogen-bond acceptors (Lipinski definition) is 3. The Balaban J connectivity index is 2.67. The fraction of sp³-hybridized carbons (Fsp3) is 0.562. The summed E-state index contributed by atoms with van der Waals surface area (Å²) in [7, 11) is 0. The molecule has 0 amide bonds. The van der Waals surface area contributed by atoms with Gasteiger partial charge in [0.1, 0.15) is 17.9 Å². The molecule has 0 heterocycles. The van der Waals surface area contributed by atoms with E-state index in [1.807, 2.05) is 26.0 Å². The van der Waals surface area contributed by atoms with E-state index in [9.17, 15) is 0 Å². The third kappa shape index (κ3) is 4.57. The van der Waals surface area contributed by atoms with Crippen LogP contribution in [-0.4, -0.2) is 18.7 Å². The summed E-state index contributed by atoms with van der Waals surface area (Å²) >= 11 is 0. The summed E-state index contributed by atoms with van der Waals surface area (Å²) in [6.45, 7) is 11.5. The number of likely N-dealkylation sites (N-methyl/N-ethyl adjacent to an activating group) is 1. The first-order chi connectivity index (χ1) is 8.80. The molecule has 3 nitrogen and oxygen atoms in total. The summed E-state index contributed by atoms with van der Waals surface area (Å²) in [6, 6.07) is 10.3. The molecule has 3 heteroatoms. The maximum atomic E-state index is 9.15. The summed E-state index contributed by atoms with van der Waals surface area (Å²) in [6.07, 6.45) is 0. The molecule has 0 aliphatic rings. The number of hydrogen-bond donors (Lipinski definition) is 1. The van der Waals surface area contributed by atoms with Crippen LogP contribution < -0.4 is 10.1 Å². The molecular weight excluding hydrogens is 236 g/mol. The first-order valence-corrected chi connectivity index (χ1v) is 6.70. The van der Waals surface area contributed by atoms with E-state index in [0.717, 1.165) is 12.3 Å². The van der Waals surface area contributed by atoms with Crippen LogP contribution in [-0.2, 0) is 5.41 Å². The number of benzene rings is 1. The molecule has 1 atom stereocenters. The minimum atomic E-state index is -0.641. The van der Waals surface area contributed by atoms with Crippen molar-refractivity contribution in [3.05, 3.63) is 29.8 Å². The molecule has 0 fully saturated rings. The van der Waals surface area contributed by atoms with Gasteiger partial charge in [0.2, 0.25) is 0 Å². The lowest BCUT2D eigenvalue weighted by Crippen LogP contribution is -2.46. The van der Waals surface area contributed by atoms with Crippen LogP contribution in [0.4, 0.5) is 0 Å². The summed E-state index contributed by atoms with van der Waals surface area (Å²) < 4.78 is 5.70. The Kier molecular flexibility index (Phi) is 4.97. The average Bonchev–Trinajstić information content (AvgIpc) is 2.36. The standard InChI is InChI=1S/C16H24N2O/c1-6-18-16(5,11-17)12-19-14-9-7-13(8-10-14)15(2,3)4/h7-10,18H,6,12H2,1-5H3. The zero-order chi connectivity index (χ0) is 14.5. The van der Waals surface area contributed by atoms with Gasteiger partial charge in [0.05, 0.1) is 6.07 Å². The van der Waals surface area contributed by atoms with Gasteiger partial charge < -0.3 is 4.74 Å². The highest BCUT2D eigenvalue weighted by molar-refractivity contribution is 5.31. The molecular formula is C16H24N2O. The van der Waals surface area contributed by atoms with Crippen molar-refractivity contribution in [2.75, 3.05) is 13.2 Å². The van der Waals surface area contributed by atoms with Gasteiger partial charge in [-0.3, -0.25) is 5.32 Å². The van der Waals surface area contributed by atoms with E-state index < -0.39 is 5.54 Å². The minimum absolute atomic E-state index is 0.142. The van der Waals surface area contributed by atoms with Crippen LogP contribution in [0.2, 0.25) is 0 Å². The third-order valence-corrected chi connectivity index (χ3v) is 3.06. The normalized spacial score (nSPS) is 14.5. The molecule has 1 aromatic carbocycles. The molecule has 0 aromatic heterocycles. The first-order valence-electron chi connectivity index (χ1n) is 6.70. The lowest BCUT2D eigenvalue weighted by atomic mass is 9.87. The van der Waals surface area contributed by atoms with E-state index in [2.05, 4.69) is 44.3 Å². The molecule has 104 valence electrons. The molecule has 0 bridgehead atoms. The molecule has 1 N–H and O–H groups in total. The minimum Gasteiger partial charge on any atom is -0.491 e. The summed E-state index contributed by atoms with van der Waals surface area (Å²) in [5.74, 6) is 0.798. The Morgan fingerprint density at radius 3 is 2.16 bits per heavy atom. The van der Waals surface area contributed by atoms with Gasteiger partial charge in [-0.2, -0.15) is 5.26 Å². The lowest BCUT2D eigenvalue weighted by molar-refractivity contribution is 0.236. The zero-order valence-electron chi connectivity index (χ0n) is 12.6. The molecule has 1 rings (SSSR count). The second-order valence-corrected chi connectivity index (χ2v) is 6.04. The van der Waals surface area contributed by atoms with Gasteiger partial charge in [0.15, 0.2) is 0 Å². The van der Waals surface area contributed by atoms with E-state index >= 15 is 0 Å². The predicted molar refractivity (Wildman–Crippen MR) is 78.3 cm³/mol. The third-order valence-electron chi connectivity index (χ3n) is 3.06. The van der Waals surface area contributed by atoms with Crippen LogP contribution in [0.15, 0.2) is 24.3 Å². The maximum absolute atomic E-state index is 9.15. The Hall–Kier alpha value is -1.53. The van der Waals surface area contributed by atoms with Crippen LogP contribution in [0.25, 0.3) is 0 Å². The van der Waals surface area contributed by atoms with Gasteiger partial charge >= 0.3 is 0 Å². The number of ether oxygens (including phenoxy) is 1. The van der Waals surface area contributed by atoms with Crippen LogP contribution in [0.1, 0.15) is 40.2 Å². The Morgan fingerprint density at radius 1 is 1.16 bits per heavy atom. The highest BCUT2D eigenvalue weighted by Gasteiger charge is 2.23. The van der Waals surface area contributed by atoms with Crippen molar-refractivity contribution in [2.45, 2.75) is 45.6 Å². The SMILES string of the molecule is CCNC(C)(C#N)COc1ccc(C(C)(C)C)cc1. The number of nitriles is 1. The van der Waals surface area contributed by atoms with E-state index in [4.69, 9.17) is 10.00 Å². The maximum Gasteiger partial charge on any atom is 0.138 e. The van der Waals surface area contributed by atoms with Crippen molar-refractivity contribution >= 4 is 0 Å². The van der Waals surface area contributed by atoms with Crippen LogP contribution in [0.5, 0.6) is 5.75 Å². The number of rotatable bonds is 5. The first kappa shape index (κ1) is 15.5. The Bertz CT molecular complexity index is 439. The fourth-order valence-corrected chi connectivity index (χ4v) is 1.79. The zero-order valence-corrected chi connectivity index (χ0v) is 12.6. The van der Waals surface area contributed by atoms with Crippen molar-refractivity contribution in [1.82, 2.24) is 5.32 Å². The topological polar surface area (TPSA) is 45.0 Å². The van der Waals surface area contributed by atoms with Gasteiger partial charge in [-0.1, -0.05) is 39.8 Å². The van der Waals surface area contributed by atoms with Gasteiger partial charge in [0.25, 0.3) is 0 Å². The summed E-state index contributed by atoms with van der Waals surface area (Å²) in [5.41, 5.74) is 0.774. The van der Waals surface area contributed by atoms with Gasteiger partial charge in [-0.05, 0) is 36.6 Å². The highest BCUT2D eigenvalue weighted by Crippen LogP contribution is 2.24. The van der Waals surface area contributed by atoms with Crippen LogP contribution in [0, 0.1) is 11.3 Å². The van der Waals surface area contributed by atoms with Crippen molar-refractivity contribution < 1.29 is 4.74 Å². The van der Waals surface area contributed by atoms with Crippen LogP contribution >= 0.6 is 0 Å². The molecule has 0 saturated heterocycles. The van der Waals surface area contributed by atoms with Gasteiger partial charge in [-0.25, -0.2) is 0 Å². The molecule has 0 aliphatic heterocycles. The Morgan fingerprint density at radius 2 is 1.74 bits per heavy atom. The molecule has 0 saturated carbocycles. The second-order valence-electron chi connectivity index (χ2n) is 6.04. The molecule has 1 unspecified atom stereocenters. The van der Waals surface area contributed by atoms with E-state index in [-0.39, 0.29) is 5.41 Å². The molecule has 0 radical (unpaired) electrons. The van der Waals surface area contributed by atoms with Crippen molar-refractivity contribution in [3.8, 4) is 11.8 Å². The van der Waals surface area contributed by atoms with Crippen LogP contribution in [0.3, 0.4) is 0 Å². The molecule has 0 spiro atoms.